The number of fused-ring (bicyclic) bond motifs is 1. The third kappa shape index (κ3) is 15.5. The van der Waals surface area contributed by atoms with Gasteiger partial charge in [0.2, 0.25) is 0 Å². The summed E-state index contributed by atoms with van der Waals surface area (Å²) in [5, 5.41) is 7.91. The first-order chi connectivity index (χ1) is 51.8. The van der Waals surface area contributed by atoms with E-state index in [4.69, 9.17) is 18.9 Å². The van der Waals surface area contributed by atoms with Crippen LogP contribution >= 0.6 is 11.3 Å². The maximum absolute atomic E-state index is 5.82. The molecule has 0 atom stereocenters. The van der Waals surface area contributed by atoms with E-state index >= 15 is 0 Å². The van der Waals surface area contributed by atoms with Gasteiger partial charge in [0.1, 0.15) is 29.6 Å². The smallest absolute Gasteiger partial charge is 0.143 e. The molecule has 554 valence electrons. The van der Waals surface area contributed by atoms with E-state index in [1.807, 2.05) is 42.3 Å². The predicted molar refractivity (Wildman–Crippen MR) is 447 cm³/mol. The molecule has 20 rings (SSSR count). The van der Waals surface area contributed by atoms with Gasteiger partial charge in [-0.1, -0.05) is 139 Å². The molecule has 6 aromatic carbocycles. The van der Waals surface area contributed by atoms with Crippen molar-refractivity contribution in [3.8, 4) is 23.0 Å². The van der Waals surface area contributed by atoms with Crippen LogP contribution in [-0.4, -0.2) is 55.9 Å². The van der Waals surface area contributed by atoms with Crippen LogP contribution in [0.1, 0.15) is 251 Å². The van der Waals surface area contributed by atoms with Gasteiger partial charge in [0.25, 0.3) is 0 Å². The van der Waals surface area contributed by atoms with E-state index in [0.717, 1.165) is 104 Å². The van der Waals surface area contributed by atoms with Gasteiger partial charge >= 0.3 is 0 Å². The third-order valence-electron chi connectivity index (χ3n) is 22.6. The van der Waals surface area contributed by atoms with E-state index in [-0.39, 0.29) is 0 Å². The molecule has 11 heteroatoms. The molecular weight excluding hydrogens is 1330 g/mol. The Balaban J connectivity index is 0.000000105. The number of hydrogen-bond acceptors (Lipinski definition) is 10. The molecule has 7 aromatic heterocycles. The maximum atomic E-state index is 5.82. The highest BCUT2D eigenvalue weighted by Crippen LogP contribution is 2.43. The molecule has 0 saturated carbocycles. The standard InChI is InChI=1S/2C15H17NO.C15H17N.C14H15NO.C14H15N.C13H15NO.C10H14S/c1-9(2)13-10(3)8-12-14-11(5-7-17-12)4-6-16-15(13)14;1-10(2)12-5-6-13-14-11(4-3-9-17-13)7-8-16-15(12)14;1-10(2)13-7-6-11-4-3-5-12-8-9-16-15(13)14(11)12;1-9(2)11-3-4-12-13-10(6-8-16-12)5-7-15-14(11)13;1-9(2)12-6-5-10-3-4-11-7-8-15-14(12)13(10)11;1-9(2)10-3-4-12-13-11(10)5-6-14(13)7-8-15-12;1-7(2)10-6-8-4-3-5-9(8)11-10/h4,6,8-9H,5,7H2,1-3H3;5-8,10H,3-4,9H2,1-2H3;6-10H,3-5H2,1-2H3;3-5,7,9H,6,8H2,1-2H3;5-9H,3-4H2,1-2H3;3-6,9H,7-8H2,1-2H3;6-7H,3-5H2,1-2H3. The highest BCUT2D eigenvalue weighted by Gasteiger charge is 2.25. The molecule has 13 aromatic rings. The highest BCUT2D eigenvalue weighted by molar-refractivity contribution is 7.12. The van der Waals surface area contributed by atoms with E-state index in [1.54, 1.807) is 15.3 Å². The van der Waals surface area contributed by atoms with Crippen LogP contribution in [0, 0.1) is 6.92 Å². The monoisotopic (exact) mass is 1440 g/mol. The summed E-state index contributed by atoms with van der Waals surface area (Å²) in [7, 11) is 0. The summed E-state index contributed by atoms with van der Waals surface area (Å²) >= 11 is 2.03. The molecule has 3 aliphatic carbocycles. The minimum absolute atomic E-state index is 0.494. The Kier molecular flexibility index (Phi) is 22.8. The van der Waals surface area contributed by atoms with Crippen LogP contribution in [0.4, 0.5) is 0 Å². The second-order valence-corrected chi connectivity index (χ2v) is 33.5. The Bertz CT molecular complexity index is 5220. The summed E-state index contributed by atoms with van der Waals surface area (Å²) in [5.41, 5.74) is 28.3. The molecule has 0 radical (unpaired) electrons. The molecule has 107 heavy (non-hydrogen) atoms. The first-order valence-electron chi connectivity index (χ1n) is 40.1. The molecule has 0 saturated heterocycles. The van der Waals surface area contributed by atoms with Gasteiger partial charge in [0.05, 0.1) is 59.5 Å². The van der Waals surface area contributed by atoms with Gasteiger partial charge in [0.15, 0.2) is 0 Å². The highest BCUT2D eigenvalue weighted by atomic mass is 32.1. The molecule has 0 spiro atoms. The van der Waals surface area contributed by atoms with E-state index in [1.165, 1.54) is 178 Å². The minimum Gasteiger partial charge on any atom is -0.493 e. The molecule has 7 aliphatic rings. The number of nitrogens with zero attached hydrogens (tertiary/aromatic N) is 6. The van der Waals surface area contributed by atoms with E-state index in [9.17, 15) is 0 Å². The average Bonchev–Trinajstić information content (AvgIpc) is 1.74. The summed E-state index contributed by atoms with van der Waals surface area (Å²) in [5.74, 6) is 7.94. The lowest BCUT2D eigenvalue weighted by Gasteiger charge is -2.22. The Morgan fingerprint density at radius 1 is 0.327 bits per heavy atom. The van der Waals surface area contributed by atoms with Crippen molar-refractivity contribution < 1.29 is 18.9 Å². The van der Waals surface area contributed by atoms with Crippen molar-refractivity contribution in [2.24, 2.45) is 0 Å². The van der Waals surface area contributed by atoms with Crippen molar-refractivity contribution in [2.75, 3.05) is 26.4 Å². The van der Waals surface area contributed by atoms with Crippen molar-refractivity contribution >= 4 is 76.8 Å². The summed E-state index contributed by atoms with van der Waals surface area (Å²) in [4.78, 5) is 26.1. The van der Waals surface area contributed by atoms with Gasteiger partial charge in [-0.15, -0.1) is 11.3 Å². The zero-order valence-electron chi connectivity index (χ0n) is 66.1. The van der Waals surface area contributed by atoms with Crippen LogP contribution in [0.5, 0.6) is 23.0 Å². The van der Waals surface area contributed by atoms with Crippen LogP contribution in [0.2, 0.25) is 0 Å². The zero-order chi connectivity index (χ0) is 74.7. The summed E-state index contributed by atoms with van der Waals surface area (Å²) < 4.78 is 25.2. The maximum Gasteiger partial charge on any atom is 0.143 e. The van der Waals surface area contributed by atoms with Gasteiger partial charge in [0, 0.05) is 92.1 Å². The van der Waals surface area contributed by atoms with Gasteiger partial charge < -0.3 is 23.5 Å². The number of pyridine rings is 5. The Hall–Kier alpha value is -9.19. The summed E-state index contributed by atoms with van der Waals surface area (Å²) in [6.07, 6.45) is 26.2. The number of hydrogen-bond donors (Lipinski definition) is 0. The number of aromatic nitrogens is 6. The predicted octanol–water partition coefficient (Wildman–Crippen LogP) is 24.4. The lowest BCUT2D eigenvalue weighted by Crippen LogP contribution is -2.13. The Morgan fingerprint density at radius 3 is 1.25 bits per heavy atom. The Morgan fingerprint density at radius 2 is 0.729 bits per heavy atom. The first-order valence-corrected chi connectivity index (χ1v) is 40.9. The Labute approximate surface area is 639 Å². The number of thiophene rings is 1. The molecular formula is C96H110N6O4S. The fourth-order valence-electron chi connectivity index (χ4n) is 17.2. The lowest BCUT2D eigenvalue weighted by molar-refractivity contribution is 0.287. The van der Waals surface area contributed by atoms with Crippen LogP contribution in [0.25, 0.3) is 65.4 Å². The van der Waals surface area contributed by atoms with Crippen molar-refractivity contribution in [1.82, 2.24) is 29.5 Å². The summed E-state index contributed by atoms with van der Waals surface area (Å²) in [6, 6.07) is 39.4. The van der Waals surface area contributed by atoms with Crippen molar-refractivity contribution in [3.63, 3.8) is 0 Å². The first kappa shape index (κ1) is 74.7. The second kappa shape index (κ2) is 32.7. The molecule has 11 heterocycles. The van der Waals surface area contributed by atoms with Gasteiger partial charge in [-0.25, -0.2) is 0 Å². The number of ether oxygens (including phenoxy) is 4. The molecule has 0 N–H and O–H groups in total. The van der Waals surface area contributed by atoms with Crippen molar-refractivity contribution in [1.29, 1.82) is 0 Å². The molecule has 0 amide bonds. The second-order valence-electron chi connectivity index (χ2n) is 32.3. The quantitative estimate of drug-likeness (QED) is 0.154. The van der Waals surface area contributed by atoms with Crippen LogP contribution in [0.15, 0.2) is 146 Å². The SMILES string of the molecule is CC(C)c1cc2c(s1)CCC2.CC(C)c1ccc2c3c(ccnc13)CC2.CC(C)c1ccc2c3c(ccnc13)CCC2.CC(C)c1ccc2c3c(ccnc13)CCCO2.CC(C)c1ccc2c3c(ccnc13)CCO2.CC(C)c1ccc2c3c1ccn3CCO2.Cc1cc2c3c(ccnc3c1C(C)C)CCO2. The van der Waals surface area contributed by atoms with E-state index < -0.39 is 0 Å². The topological polar surface area (TPSA) is 106 Å². The lowest BCUT2D eigenvalue weighted by atomic mass is 9.87. The normalized spacial score (nSPS) is 14.6. The molecule has 0 fully saturated rings. The minimum atomic E-state index is 0.494. The molecule has 0 bridgehead atoms. The van der Waals surface area contributed by atoms with Crippen molar-refractivity contribution in [3.05, 3.63) is 240 Å². The van der Waals surface area contributed by atoms with Crippen LogP contribution < -0.4 is 18.9 Å². The molecule has 10 nitrogen and oxygen atoms in total. The van der Waals surface area contributed by atoms with Crippen LogP contribution in [-0.2, 0) is 64.3 Å². The number of aryl methyl sites for hydroxylation is 8. The van der Waals surface area contributed by atoms with Gasteiger partial charge in [-0.05, 0) is 263 Å². The zero-order valence-corrected chi connectivity index (χ0v) is 67.0. The molecule has 0 unspecified atom stereocenters. The number of benzene rings is 6. The number of rotatable bonds is 7. The van der Waals surface area contributed by atoms with Crippen LogP contribution in [0.3, 0.4) is 0 Å². The summed E-state index contributed by atoms with van der Waals surface area (Å²) in [6.45, 7) is 37.6. The van der Waals surface area contributed by atoms with E-state index in [0.29, 0.717) is 35.5 Å². The fourth-order valence-corrected chi connectivity index (χ4v) is 18.4. The van der Waals surface area contributed by atoms with Crippen molar-refractivity contribution in [2.45, 2.75) is 229 Å². The van der Waals surface area contributed by atoms with Gasteiger partial charge in [-0.3, -0.25) is 24.9 Å². The van der Waals surface area contributed by atoms with E-state index in [2.05, 4.69) is 249 Å². The fraction of sp³-hybridized carbons (Fsp3) is 0.406. The molecule has 4 aliphatic heterocycles. The largest absolute Gasteiger partial charge is 0.493 e. The third-order valence-corrected chi connectivity index (χ3v) is 24.2. The average molecular weight is 1440 g/mol. The van der Waals surface area contributed by atoms with Gasteiger partial charge in [-0.2, -0.15) is 0 Å².